The molecule has 6 aromatic carbocycles. The van der Waals surface area contributed by atoms with Crippen molar-refractivity contribution in [3.05, 3.63) is 184 Å². The van der Waals surface area contributed by atoms with Crippen LogP contribution in [0.25, 0.3) is 48.5 Å². The molecule has 1 N–H and O–H groups in total. The highest BCUT2D eigenvalue weighted by Crippen LogP contribution is 2.53. The third-order valence-electron chi connectivity index (χ3n) is 13.8. The quantitative estimate of drug-likeness (QED) is 0.0985. The number of rotatable bonds is 7. The Morgan fingerprint density at radius 3 is 1.68 bits per heavy atom. The van der Waals surface area contributed by atoms with Crippen molar-refractivity contribution >= 4 is 75.4 Å². The van der Waals surface area contributed by atoms with Crippen LogP contribution in [0.4, 0.5) is 17.1 Å². The van der Waals surface area contributed by atoms with Crippen LogP contribution in [0.1, 0.15) is 54.8 Å². The molecule has 1 unspecified atom stereocenters. The predicted octanol–water partition coefficient (Wildman–Crippen LogP) is 12.6. The maximum absolute atomic E-state index is 11.8. The van der Waals surface area contributed by atoms with E-state index in [4.69, 9.17) is 0 Å². The Kier molecular flexibility index (Phi) is 8.49. The smallest absolute Gasteiger partial charge is 0.346 e. The number of thiophene rings is 2. The molecular weight excluding hydrogens is 813 g/mol. The van der Waals surface area contributed by atoms with Crippen LogP contribution in [0.2, 0.25) is 6.55 Å². The largest absolute Gasteiger partial charge is 0.477 e. The minimum atomic E-state index is -2.44. The minimum Gasteiger partial charge on any atom is -0.477 e. The first-order valence-corrected chi connectivity index (χ1v) is 25.1. The number of fused-ring (bicyclic) bond motifs is 9. The van der Waals surface area contributed by atoms with Gasteiger partial charge < -0.3 is 10.0 Å². The zero-order valence-electron chi connectivity index (χ0n) is 35.1. The van der Waals surface area contributed by atoms with E-state index in [-0.39, 0.29) is 16.4 Å². The number of aliphatic carboxylic acids is 1. The molecule has 3 aliphatic rings. The van der Waals surface area contributed by atoms with Gasteiger partial charge in [-0.2, -0.15) is 5.26 Å². The van der Waals surface area contributed by atoms with Gasteiger partial charge in [-0.15, -0.1) is 22.7 Å². The molecule has 300 valence electrons. The lowest BCUT2D eigenvalue weighted by atomic mass is 9.82. The summed E-state index contributed by atoms with van der Waals surface area (Å²) in [6, 6.07) is 57.9. The summed E-state index contributed by atoms with van der Waals surface area (Å²) in [5, 5.41) is 23.2. The SMILES string of the molecule is CC1(C)c2ccccc2-c2ccc(N(c3ccc(-c4cc5c(s4)-c4sc(/C=C(/C#N)C(=O)O)cc4[Si]5(C)c4ccccc4)cc3)c3ccc4c(c3)C(C)(C)c3ccccc3-4)cc21. The van der Waals surface area contributed by atoms with Crippen LogP contribution in [0, 0.1) is 11.3 Å². The van der Waals surface area contributed by atoms with E-state index in [0.29, 0.717) is 0 Å². The van der Waals surface area contributed by atoms with Crippen molar-refractivity contribution in [1.29, 1.82) is 5.26 Å². The van der Waals surface area contributed by atoms with Crippen molar-refractivity contribution in [2.75, 3.05) is 4.90 Å². The van der Waals surface area contributed by atoms with E-state index in [1.807, 2.05) is 17.4 Å². The average Bonchev–Trinajstić information content (AvgIpc) is 4.07. The second-order valence-electron chi connectivity index (χ2n) is 17.9. The van der Waals surface area contributed by atoms with E-state index in [1.165, 1.54) is 80.8 Å². The van der Waals surface area contributed by atoms with Gasteiger partial charge in [0.05, 0.1) is 0 Å². The van der Waals surface area contributed by atoms with E-state index in [2.05, 4.69) is 191 Å². The van der Waals surface area contributed by atoms with Crippen molar-refractivity contribution in [2.45, 2.75) is 45.1 Å². The summed E-state index contributed by atoms with van der Waals surface area (Å²) < 4.78 is 0. The molecule has 0 amide bonds. The molecule has 3 heterocycles. The topological polar surface area (TPSA) is 64.3 Å². The molecule has 2 aromatic heterocycles. The first kappa shape index (κ1) is 38.4. The van der Waals surface area contributed by atoms with Gasteiger partial charge in [0.15, 0.2) is 0 Å². The van der Waals surface area contributed by atoms with Crippen molar-refractivity contribution < 1.29 is 9.90 Å². The maximum Gasteiger partial charge on any atom is 0.346 e. The highest BCUT2D eigenvalue weighted by molar-refractivity contribution is 7.32. The van der Waals surface area contributed by atoms with Gasteiger partial charge in [0.25, 0.3) is 0 Å². The van der Waals surface area contributed by atoms with E-state index in [9.17, 15) is 15.2 Å². The highest BCUT2D eigenvalue weighted by atomic mass is 32.1. The Balaban J connectivity index is 1.03. The van der Waals surface area contributed by atoms with E-state index in [0.717, 1.165) is 27.5 Å². The van der Waals surface area contributed by atoms with Gasteiger partial charge in [0.2, 0.25) is 0 Å². The number of nitrogens with zero attached hydrogens (tertiary/aromatic N) is 2. The number of anilines is 3. The lowest BCUT2D eigenvalue weighted by molar-refractivity contribution is -0.132. The Morgan fingerprint density at radius 2 is 1.11 bits per heavy atom. The molecule has 4 nitrogen and oxygen atoms in total. The monoisotopic (exact) mass is 854 g/mol. The second-order valence-corrected chi connectivity index (χ2v) is 23.9. The van der Waals surface area contributed by atoms with E-state index in [1.54, 1.807) is 11.3 Å². The molecule has 2 aliphatic carbocycles. The Labute approximate surface area is 371 Å². The van der Waals surface area contributed by atoms with Gasteiger partial charge in [0.1, 0.15) is 19.7 Å². The summed E-state index contributed by atoms with van der Waals surface area (Å²) in [5.74, 6) is -1.21. The zero-order chi connectivity index (χ0) is 42.7. The van der Waals surface area contributed by atoms with Crippen molar-refractivity contribution in [2.24, 2.45) is 0 Å². The summed E-state index contributed by atoms with van der Waals surface area (Å²) in [7, 11) is -2.44. The van der Waals surface area contributed by atoms with Gasteiger partial charge in [-0.25, -0.2) is 4.79 Å². The number of carboxylic acid groups (broad SMARTS) is 1. The van der Waals surface area contributed by atoms with Crippen LogP contribution < -0.4 is 20.5 Å². The fourth-order valence-electron chi connectivity index (χ4n) is 10.5. The molecule has 7 heteroatoms. The lowest BCUT2D eigenvalue weighted by Crippen LogP contribution is -2.61. The number of benzene rings is 6. The number of nitriles is 1. The Hall–Kier alpha value is -6.56. The van der Waals surface area contributed by atoms with Gasteiger partial charge >= 0.3 is 5.97 Å². The summed E-state index contributed by atoms with van der Waals surface area (Å²) in [6.07, 6.45) is 1.52. The van der Waals surface area contributed by atoms with Crippen LogP contribution in [0.5, 0.6) is 0 Å². The van der Waals surface area contributed by atoms with Crippen molar-refractivity contribution in [1.82, 2.24) is 0 Å². The maximum atomic E-state index is 11.8. The van der Waals surface area contributed by atoms with E-state index >= 15 is 0 Å². The van der Waals surface area contributed by atoms with Crippen molar-refractivity contribution in [3.63, 3.8) is 0 Å². The predicted molar refractivity (Wildman–Crippen MR) is 261 cm³/mol. The summed E-state index contributed by atoms with van der Waals surface area (Å²) in [6.45, 7) is 11.8. The molecular formula is C55H42N2O2S2Si. The van der Waals surface area contributed by atoms with Crippen LogP contribution in [-0.2, 0) is 15.6 Å². The Morgan fingerprint density at radius 1 is 0.613 bits per heavy atom. The van der Waals surface area contributed by atoms with Crippen LogP contribution in [0.15, 0.2) is 157 Å². The van der Waals surface area contributed by atoms with Gasteiger partial charge in [-0.05, 0) is 120 Å². The third-order valence-corrected chi connectivity index (χ3v) is 21.0. The van der Waals surface area contributed by atoms with Crippen LogP contribution in [0.3, 0.4) is 0 Å². The molecule has 0 bridgehead atoms. The molecule has 1 atom stereocenters. The zero-order valence-corrected chi connectivity index (χ0v) is 37.7. The molecule has 0 saturated heterocycles. The fraction of sp³-hybridized carbons (Fsp3) is 0.127. The lowest BCUT2D eigenvalue weighted by Gasteiger charge is -2.30. The standard InChI is InChI=1S/C55H42N2O2S2Si/c1-54(2)44-17-11-9-15-40(44)42-25-23-36(28-46(42)54)57(37-24-26-43-41-16-10-12-18-45(41)55(3,4)47(43)29-37)35-21-19-33(20-22-35)48-31-50-52(61-48)51-49(62(50,5)39-13-7-6-8-14-39)30-38(60-51)27-34(32-56)53(58)59/h6-31H,1-5H3,(H,58,59)/b34-27-. The average molecular weight is 855 g/mol. The molecule has 0 fully saturated rings. The van der Waals surface area contributed by atoms with Gasteiger partial charge in [-0.3, -0.25) is 0 Å². The molecule has 0 saturated carbocycles. The van der Waals surface area contributed by atoms with Crippen LogP contribution >= 0.6 is 22.7 Å². The summed E-state index contributed by atoms with van der Waals surface area (Å²) >= 11 is 3.40. The normalized spacial score (nSPS) is 17.0. The molecule has 62 heavy (non-hydrogen) atoms. The van der Waals surface area contributed by atoms with Gasteiger partial charge in [-0.1, -0.05) is 137 Å². The number of carboxylic acids is 1. The summed E-state index contributed by atoms with van der Waals surface area (Å²) in [5.41, 5.74) is 14.6. The number of carbonyl (C=O) groups is 1. The number of hydrogen-bond donors (Lipinski definition) is 1. The second kappa shape index (κ2) is 13.7. The minimum absolute atomic E-state index is 0.135. The molecule has 11 rings (SSSR count). The molecule has 1 aliphatic heterocycles. The summed E-state index contributed by atoms with van der Waals surface area (Å²) in [4.78, 5) is 18.7. The highest BCUT2D eigenvalue weighted by Gasteiger charge is 2.46. The first-order chi connectivity index (χ1) is 29.9. The third kappa shape index (κ3) is 5.50. The number of hydrogen-bond acceptors (Lipinski definition) is 5. The van der Waals surface area contributed by atoms with Crippen LogP contribution in [-0.4, -0.2) is 19.1 Å². The molecule has 8 aromatic rings. The first-order valence-electron chi connectivity index (χ1n) is 21.0. The Bertz CT molecular complexity index is 3150. The van der Waals surface area contributed by atoms with Gasteiger partial charge in [0, 0.05) is 47.4 Å². The van der Waals surface area contributed by atoms with Crippen molar-refractivity contribution in [3.8, 4) is 48.5 Å². The molecule has 0 spiro atoms. The fourth-order valence-corrected chi connectivity index (χ4v) is 18.5. The van der Waals surface area contributed by atoms with E-state index < -0.39 is 14.0 Å². The molecule has 0 radical (unpaired) electrons.